The number of hydrogen-bond acceptors (Lipinski definition) is 2. The van der Waals surface area contributed by atoms with Gasteiger partial charge in [-0.15, -0.1) is 0 Å². The van der Waals surface area contributed by atoms with Gasteiger partial charge in [0.1, 0.15) is 11.8 Å². The number of halogens is 6. The summed E-state index contributed by atoms with van der Waals surface area (Å²) in [5.41, 5.74) is 0. The van der Waals surface area contributed by atoms with E-state index in [0.29, 0.717) is 0 Å². The molecule has 0 aromatic carbocycles. The minimum Gasteiger partial charge on any atom is -0.315 e. The van der Waals surface area contributed by atoms with Crippen molar-refractivity contribution in [3.8, 4) is 0 Å². The number of Topliss-reactive ketones (excluding diaryl/α,β-unsaturated/α-hetero) is 1. The summed E-state index contributed by atoms with van der Waals surface area (Å²) in [5.74, 6) is -3.42. The fourth-order valence-corrected chi connectivity index (χ4v) is 2.05. The van der Waals surface area contributed by atoms with Crippen LogP contribution in [-0.2, 0) is 9.59 Å². The zero-order valence-electron chi connectivity index (χ0n) is 10.3. The van der Waals surface area contributed by atoms with Crippen LogP contribution in [0.5, 0.6) is 0 Å². The second-order valence-corrected chi connectivity index (χ2v) is 4.31. The van der Waals surface area contributed by atoms with Crippen LogP contribution in [0.2, 0.25) is 0 Å². The van der Waals surface area contributed by atoms with Crippen molar-refractivity contribution in [2.45, 2.75) is 44.2 Å². The van der Waals surface area contributed by atoms with Gasteiger partial charge in [0.05, 0.1) is 6.04 Å². The summed E-state index contributed by atoms with van der Waals surface area (Å²) < 4.78 is 75.7. The smallest absolute Gasteiger partial charge is 0.315 e. The Morgan fingerprint density at radius 2 is 1.75 bits per heavy atom. The number of piperidine rings is 1. The van der Waals surface area contributed by atoms with Gasteiger partial charge >= 0.3 is 18.3 Å². The minimum atomic E-state index is -5.43. The summed E-state index contributed by atoms with van der Waals surface area (Å²) in [4.78, 5) is 22.2. The second kappa shape index (κ2) is 5.45. The molecule has 9 heteroatoms. The highest BCUT2D eigenvalue weighted by Gasteiger charge is 2.56. The van der Waals surface area contributed by atoms with Crippen LogP contribution in [0.1, 0.15) is 19.8 Å². The molecule has 0 saturated carbocycles. The minimum absolute atomic E-state index is 0.290. The third-order valence-corrected chi connectivity index (χ3v) is 2.82. The molecule has 0 aliphatic carbocycles. The van der Waals surface area contributed by atoms with E-state index >= 15 is 0 Å². The molecule has 0 bridgehead atoms. The van der Waals surface area contributed by atoms with E-state index in [1.165, 1.54) is 13.0 Å². The van der Waals surface area contributed by atoms with E-state index < -0.39 is 49.0 Å². The van der Waals surface area contributed by atoms with Gasteiger partial charge in [-0.3, -0.25) is 9.59 Å². The molecule has 0 N–H and O–H groups in total. The second-order valence-electron chi connectivity index (χ2n) is 4.31. The lowest BCUT2D eigenvalue weighted by Crippen LogP contribution is -2.60. The maximum atomic E-state index is 12.8. The van der Waals surface area contributed by atoms with Gasteiger partial charge in [0.15, 0.2) is 0 Å². The van der Waals surface area contributed by atoms with Crippen LogP contribution in [0.3, 0.4) is 0 Å². The van der Waals surface area contributed by atoms with E-state index in [1.54, 1.807) is 0 Å². The molecule has 1 fully saturated rings. The van der Waals surface area contributed by atoms with Gasteiger partial charge in [0.2, 0.25) is 0 Å². The fraction of sp³-hybridized carbons (Fsp3) is 0.636. The molecule has 2 atom stereocenters. The molecule has 0 aromatic heterocycles. The topological polar surface area (TPSA) is 37.4 Å². The van der Waals surface area contributed by atoms with E-state index in [-0.39, 0.29) is 4.90 Å². The van der Waals surface area contributed by atoms with Crippen LogP contribution in [0.4, 0.5) is 26.3 Å². The fourth-order valence-electron chi connectivity index (χ4n) is 2.05. The molecular formula is C11H11F6NO2. The lowest BCUT2D eigenvalue weighted by Gasteiger charge is -2.41. The highest BCUT2D eigenvalue weighted by atomic mass is 19.4. The van der Waals surface area contributed by atoms with Crippen LogP contribution in [0.15, 0.2) is 12.2 Å². The van der Waals surface area contributed by atoms with Crippen molar-refractivity contribution >= 4 is 11.7 Å². The number of ketones is 1. The molecule has 0 radical (unpaired) electrons. The zero-order chi connectivity index (χ0) is 15.7. The molecule has 3 nitrogen and oxygen atoms in total. The van der Waals surface area contributed by atoms with Crippen molar-refractivity contribution in [3.05, 3.63) is 12.2 Å². The van der Waals surface area contributed by atoms with Crippen LogP contribution in [0, 0.1) is 0 Å². The van der Waals surface area contributed by atoms with Gasteiger partial charge in [0, 0.05) is 12.8 Å². The Morgan fingerprint density at radius 3 is 2.15 bits per heavy atom. The molecule has 0 spiro atoms. The lowest BCUT2D eigenvalue weighted by molar-refractivity contribution is -0.221. The number of carbonyl (C=O) groups excluding carboxylic acids is 2. The quantitative estimate of drug-likeness (QED) is 0.551. The first-order chi connectivity index (χ1) is 8.98. The first-order valence-electron chi connectivity index (χ1n) is 5.59. The van der Waals surface area contributed by atoms with Gasteiger partial charge in [0.25, 0.3) is 0 Å². The summed E-state index contributed by atoms with van der Waals surface area (Å²) in [6.07, 6.45) is -10.1. The number of alkyl halides is 6. The van der Waals surface area contributed by atoms with E-state index in [4.69, 9.17) is 0 Å². The Balaban J connectivity index is 3.25. The van der Waals surface area contributed by atoms with Gasteiger partial charge in [-0.1, -0.05) is 12.2 Å². The Morgan fingerprint density at radius 1 is 1.20 bits per heavy atom. The number of nitrogens with zero attached hydrogens (tertiary/aromatic N) is 1. The highest BCUT2D eigenvalue weighted by Crippen LogP contribution is 2.36. The van der Waals surface area contributed by atoms with Crippen LogP contribution >= 0.6 is 0 Å². The average Bonchev–Trinajstić information content (AvgIpc) is 2.25. The van der Waals surface area contributed by atoms with Crippen molar-refractivity contribution in [1.29, 1.82) is 0 Å². The summed E-state index contributed by atoms with van der Waals surface area (Å²) >= 11 is 0. The molecule has 1 saturated heterocycles. The zero-order valence-corrected chi connectivity index (χ0v) is 10.3. The van der Waals surface area contributed by atoms with Gasteiger partial charge < -0.3 is 4.90 Å². The Kier molecular flexibility index (Phi) is 4.50. The average molecular weight is 303 g/mol. The predicted octanol–water partition coefficient (Wildman–Crippen LogP) is 2.62. The van der Waals surface area contributed by atoms with Crippen LogP contribution in [-0.4, -0.2) is 41.0 Å². The van der Waals surface area contributed by atoms with Gasteiger partial charge in [-0.05, 0) is 6.92 Å². The van der Waals surface area contributed by atoms with Crippen LogP contribution in [0.25, 0.3) is 0 Å². The molecule has 1 heterocycles. The molecule has 20 heavy (non-hydrogen) atoms. The number of carbonyl (C=O) groups is 2. The van der Waals surface area contributed by atoms with Crippen molar-refractivity contribution in [1.82, 2.24) is 4.90 Å². The maximum absolute atomic E-state index is 12.8. The van der Waals surface area contributed by atoms with E-state index in [0.717, 1.165) is 6.08 Å². The molecule has 1 rings (SSSR count). The number of amides is 1. The summed E-state index contributed by atoms with van der Waals surface area (Å²) in [5, 5.41) is 0. The standard InChI is InChI=1S/C11H11F6NO2/c1-2-3-6-4-7(19)5-8(10(12,13)14)18(6)9(20)11(15,16)17/h2-3,6,8H,4-5H2,1H3/b3-2+/t6-,8-/m1/s1. The van der Waals surface area contributed by atoms with Crippen LogP contribution < -0.4 is 0 Å². The van der Waals surface area contributed by atoms with Gasteiger partial charge in [-0.2, -0.15) is 26.3 Å². The summed E-state index contributed by atoms with van der Waals surface area (Å²) in [6, 6.07) is -4.29. The van der Waals surface area contributed by atoms with E-state index in [2.05, 4.69) is 0 Å². The number of likely N-dealkylation sites (tertiary alicyclic amines) is 1. The Hall–Kier alpha value is -1.54. The largest absolute Gasteiger partial charge is 0.471 e. The molecule has 114 valence electrons. The molecule has 1 amide bonds. The first-order valence-corrected chi connectivity index (χ1v) is 5.59. The monoisotopic (exact) mass is 303 g/mol. The lowest BCUT2D eigenvalue weighted by atomic mass is 9.93. The van der Waals surface area contributed by atoms with Crippen molar-refractivity contribution in [3.63, 3.8) is 0 Å². The predicted molar refractivity (Wildman–Crippen MR) is 55.6 cm³/mol. The number of rotatable bonds is 1. The number of hydrogen-bond donors (Lipinski definition) is 0. The molecule has 0 aromatic rings. The van der Waals surface area contributed by atoms with E-state index in [1.807, 2.05) is 0 Å². The Bertz CT molecular complexity index is 426. The summed E-state index contributed by atoms with van der Waals surface area (Å²) in [7, 11) is 0. The third kappa shape index (κ3) is 3.51. The maximum Gasteiger partial charge on any atom is 0.471 e. The van der Waals surface area contributed by atoms with Crippen molar-refractivity contribution < 1.29 is 35.9 Å². The molecule has 1 aliphatic heterocycles. The number of allylic oxidation sites excluding steroid dienone is 1. The van der Waals surface area contributed by atoms with Crippen molar-refractivity contribution in [2.24, 2.45) is 0 Å². The van der Waals surface area contributed by atoms with E-state index in [9.17, 15) is 35.9 Å². The normalized spacial score (nSPS) is 25.4. The van der Waals surface area contributed by atoms with Crippen molar-refractivity contribution in [2.75, 3.05) is 0 Å². The molecular weight excluding hydrogens is 292 g/mol. The highest BCUT2D eigenvalue weighted by molar-refractivity contribution is 5.88. The molecule has 1 aliphatic rings. The third-order valence-electron chi connectivity index (χ3n) is 2.82. The Labute approximate surface area is 110 Å². The van der Waals surface area contributed by atoms with Gasteiger partial charge in [-0.25, -0.2) is 0 Å². The molecule has 0 unspecified atom stereocenters. The summed E-state index contributed by atoms with van der Waals surface area (Å²) in [6.45, 7) is 1.37. The first kappa shape index (κ1) is 16.5. The SMILES string of the molecule is C/C=C/[C@@H]1CC(=O)C[C@H](C(F)(F)F)N1C(=O)C(F)(F)F.